The first-order valence-electron chi connectivity index (χ1n) is 24.3. The molecule has 1 N–H and O–H groups in total. The lowest BCUT2D eigenvalue weighted by molar-refractivity contribution is -0.136. The molecule has 11 rings (SSSR count). The Hall–Kier alpha value is -7.26. The van der Waals surface area contributed by atoms with Crippen LogP contribution in [0.5, 0.6) is 11.5 Å². The number of anilines is 3. The van der Waals surface area contributed by atoms with Gasteiger partial charge in [-0.1, -0.05) is 0 Å². The molecule has 2 aromatic heterocycles. The van der Waals surface area contributed by atoms with E-state index in [2.05, 4.69) is 25.0 Å². The van der Waals surface area contributed by atoms with Crippen LogP contribution in [0.1, 0.15) is 84.1 Å². The molecular formula is C52H52F2N10O6. The number of aromatic nitrogens is 3. The number of likely N-dealkylation sites (tertiary alicyclic amines) is 1. The Kier molecular flexibility index (Phi) is 11.8. The lowest BCUT2D eigenvalue weighted by atomic mass is 9.71. The number of piperidine rings is 4. The number of rotatable bonds is 9. The number of nitriles is 1. The highest BCUT2D eigenvalue weighted by atomic mass is 19.1. The molecule has 5 saturated heterocycles. The van der Waals surface area contributed by atoms with Gasteiger partial charge in [-0.25, -0.2) is 18.7 Å². The van der Waals surface area contributed by atoms with Crippen LogP contribution in [0, 0.1) is 28.5 Å². The number of carbonyl (C=O) groups is 4. The van der Waals surface area contributed by atoms with E-state index in [-0.39, 0.29) is 47.4 Å². The van der Waals surface area contributed by atoms with Crippen LogP contribution in [0.4, 0.5) is 26.0 Å². The number of halogens is 2. The molecule has 6 aliphatic rings. The number of hydrogen-bond acceptors (Lipinski definition) is 13. The number of fused-ring (bicyclic) bond motifs is 2. The smallest absolute Gasteiger partial charge is 0.265 e. The van der Waals surface area contributed by atoms with E-state index >= 15 is 4.39 Å². The van der Waals surface area contributed by atoms with Crippen LogP contribution >= 0.6 is 0 Å². The molecule has 16 nitrogen and oxygen atoms in total. The van der Waals surface area contributed by atoms with Gasteiger partial charge in [0.1, 0.15) is 41.7 Å². The van der Waals surface area contributed by atoms with Crippen molar-refractivity contribution in [3.05, 3.63) is 106 Å². The van der Waals surface area contributed by atoms with Gasteiger partial charge in [0.2, 0.25) is 11.8 Å². The Morgan fingerprint density at radius 1 is 0.771 bits per heavy atom. The topological polar surface area (TPSA) is 177 Å². The molecule has 4 amide bonds. The molecule has 8 heterocycles. The Balaban J connectivity index is 0.665. The number of hydrogen-bond donors (Lipinski definition) is 1. The highest BCUT2D eigenvalue weighted by Crippen LogP contribution is 2.43. The lowest BCUT2D eigenvalue weighted by Crippen LogP contribution is -2.54. The molecule has 5 aromatic rings. The first kappa shape index (κ1) is 45.2. The maximum Gasteiger partial charge on any atom is 0.265 e. The van der Waals surface area contributed by atoms with Gasteiger partial charge in [0, 0.05) is 57.9 Å². The molecule has 1 unspecified atom stereocenters. The quantitative estimate of drug-likeness (QED) is 0.167. The fourth-order valence-electron chi connectivity index (χ4n) is 11.4. The zero-order valence-electron chi connectivity index (χ0n) is 38.6. The number of carbonyl (C=O) groups excluding carboxylic acids is 4. The van der Waals surface area contributed by atoms with Gasteiger partial charge in [-0.3, -0.25) is 38.8 Å². The van der Waals surface area contributed by atoms with Gasteiger partial charge in [0.05, 0.1) is 39.6 Å². The van der Waals surface area contributed by atoms with Crippen LogP contribution in [-0.2, 0) is 9.59 Å². The van der Waals surface area contributed by atoms with Crippen LogP contribution in [0.3, 0.4) is 0 Å². The third-order valence-electron chi connectivity index (χ3n) is 15.6. The summed E-state index contributed by atoms with van der Waals surface area (Å²) in [6, 6.07) is 17.5. The zero-order valence-corrected chi connectivity index (χ0v) is 38.6. The van der Waals surface area contributed by atoms with Gasteiger partial charge in [-0.05, 0) is 136 Å². The average Bonchev–Trinajstić information content (AvgIpc) is 3.92. The highest BCUT2D eigenvalue weighted by Gasteiger charge is 2.45. The van der Waals surface area contributed by atoms with Crippen molar-refractivity contribution in [2.75, 3.05) is 73.6 Å². The second-order valence-corrected chi connectivity index (χ2v) is 19.7. The largest absolute Gasteiger partial charge is 0.453 e. The molecule has 5 fully saturated rings. The van der Waals surface area contributed by atoms with Gasteiger partial charge in [0.15, 0.2) is 11.6 Å². The molecule has 2 atom stereocenters. The number of nitrogens with one attached hydrogen (secondary N) is 1. The summed E-state index contributed by atoms with van der Waals surface area (Å²) in [5.41, 5.74) is 2.77. The summed E-state index contributed by atoms with van der Waals surface area (Å²) in [7, 11) is 0. The summed E-state index contributed by atoms with van der Waals surface area (Å²) in [5, 5.41) is 12.5. The SMILES string of the molecule is N#Cc1c(N2CC[C@@H](F)C2)ccc(F)c1Oc1ccc2ncn(-c3ccc(N4CCC5(CCN(CC6CCN(c7ccc8c(c7)C(=O)N(C7CCC(=O)NC7=O)C8=O)CC6)CC5)CC4)nc3)c(=O)c2c1. The summed E-state index contributed by atoms with van der Waals surface area (Å²) in [6.07, 6.45) is 9.20. The fraction of sp³-hybridized carbons (Fsp3) is 0.423. The molecule has 0 bridgehead atoms. The van der Waals surface area contributed by atoms with Gasteiger partial charge in [-0.2, -0.15) is 5.26 Å². The Bertz CT molecular complexity index is 3020. The van der Waals surface area contributed by atoms with Crippen molar-refractivity contribution < 1.29 is 32.7 Å². The van der Waals surface area contributed by atoms with E-state index < -0.39 is 41.7 Å². The normalized spacial score (nSPS) is 22.0. The van der Waals surface area contributed by atoms with Crippen LogP contribution in [0.15, 0.2) is 78.0 Å². The molecule has 1 spiro atoms. The van der Waals surface area contributed by atoms with Crippen molar-refractivity contribution in [3.8, 4) is 23.3 Å². The van der Waals surface area contributed by atoms with E-state index in [0.29, 0.717) is 52.3 Å². The van der Waals surface area contributed by atoms with Crippen molar-refractivity contribution in [3.63, 3.8) is 0 Å². The van der Waals surface area contributed by atoms with Crippen LogP contribution < -0.4 is 30.3 Å². The van der Waals surface area contributed by atoms with E-state index in [1.807, 2.05) is 24.3 Å². The summed E-state index contributed by atoms with van der Waals surface area (Å²) in [4.78, 5) is 83.8. The van der Waals surface area contributed by atoms with Gasteiger partial charge < -0.3 is 24.3 Å². The van der Waals surface area contributed by atoms with Crippen molar-refractivity contribution in [2.24, 2.45) is 11.3 Å². The first-order valence-corrected chi connectivity index (χ1v) is 24.3. The number of ether oxygens (including phenoxy) is 1. The van der Waals surface area contributed by atoms with Crippen molar-refractivity contribution in [1.29, 1.82) is 5.26 Å². The fourth-order valence-corrected chi connectivity index (χ4v) is 11.4. The summed E-state index contributed by atoms with van der Waals surface area (Å²) >= 11 is 0. The van der Waals surface area contributed by atoms with E-state index in [1.165, 1.54) is 29.1 Å². The third-order valence-corrected chi connectivity index (χ3v) is 15.6. The molecule has 0 radical (unpaired) electrons. The predicted octanol–water partition coefficient (Wildman–Crippen LogP) is 6.13. The van der Waals surface area contributed by atoms with Crippen LogP contribution in [-0.4, -0.2) is 119 Å². The Labute approximate surface area is 402 Å². The predicted molar refractivity (Wildman–Crippen MR) is 256 cm³/mol. The van der Waals surface area contributed by atoms with E-state index in [1.54, 1.807) is 35.4 Å². The van der Waals surface area contributed by atoms with E-state index in [9.17, 15) is 33.6 Å². The molecule has 0 saturated carbocycles. The molecule has 70 heavy (non-hydrogen) atoms. The second-order valence-electron chi connectivity index (χ2n) is 19.7. The number of benzene rings is 3. The number of alkyl halides is 1. The van der Waals surface area contributed by atoms with E-state index in [4.69, 9.17) is 9.72 Å². The summed E-state index contributed by atoms with van der Waals surface area (Å²) in [5.74, 6) is -1.44. The molecule has 6 aliphatic heterocycles. The minimum atomic E-state index is -1.03. The maximum atomic E-state index is 15.1. The van der Waals surface area contributed by atoms with Crippen LogP contribution in [0.2, 0.25) is 0 Å². The number of nitrogens with zero attached hydrogens (tertiary/aromatic N) is 9. The zero-order chi connectivity index (χ0) is 48.3. The van der Waals surface area contributed by atoms with Gasteiger partial charge in [-0.15, -0.1) is 0 Å². The maximum absolute atomic E-state index is 15.1. The molecule has 0 aliphatic carbocycles. The third kappa shape index (κ3) is 8.39. The van der Waals surface area contributed by atoms with Gasteiger partial charge >= 0.3 is 0 Å². The molecule has 360 valence electrons. The Morgan fingerprint density at radius 3 is 2.23 bits per heavy atom. The number of amides is 4. The highest BCUT2D eigenvalue weighted by molar-refractivity contribution is 6.23. The standard InChI is InChI=1S/C52H52F2N10O6/c53-33-13-20-62(30-33)43-7-5-41(54)47(40(43)27-55)70-36-3-6-42-39(26-36)49(67)63(31-57-42)35-2-9-45(56-28-35)61-23-16-52(17-24-61)14-21-59(22-15-52)29-32-11-18-60(19-12-32)34-1-4-37-38(25-34)51(69)64(50(37)68)44-8-10-46(65)58-48(44)66/h1-7,9,25-26,28,31-33,44H,8,10-24,29-30H2,(H,58,65,66)/t33-,44?/m1/s1. The van der Waals surface area contributed by atoms with Crippen molar-refractivity contribution in [1.82, 2.24) is 29.7 Å². The molecule has 3 aromatic carbocycles. The van der Waals surface area contributed by atoms with Crippen molar-refractivity contribution >= 4 is 51.7 Å². The van der Waals surface area contributed by atoms with E-state index in [0.717, 1.165) is 101 Å². The van der Waals surface area contributed by atoms with Gasteiger partial charge in [0.25, 0.3) is 17.4 Å². The lowest BCUT2D eigenvalue weighted by Gasteiger charge is -2.48. The minimum absolute atomic E-state index is 0.0406. The minimum Gasteiger partial charge on any atom is -0.453 e. The monoisotopic (exact) mass is 950 g/mol. The summed E-state index contributed by atoms with van der Waals surface area (Å²) in [6.45, 7) is 7.23. The Morgan fingerprint density at radius 2 is 1.51 bits per heavy atom. The first-order chi connectivity index (χ1) is 33.9. The molecule has 18 heteroatoms. The number of pyridine rings is 1. The number of imide groups is 2. The van der Waals surface area contributed by atoms with Crippen LogP contribution in [0.25, 0.3) is 16.6 Å². The molecular weight excluding hydrogens is 899 g/mol. The second kappa shape index (κ2) is 18.2. The average molecular weight is 951 g/mol. The van der Waals surface area contributed by atoms with Crippen molar-refractivity contribution in [2.45, 2.75) is 70.0 Å². The summed E-state index contributed by atoms with van der Waals surface area (Å²) < 4.78 is 36.5.